The van der Waals surface area contributed by atoms with Crippen molar-refractivity contribution in [2.24, 2.45) is 0 Å². The number of nitrogens with zero attached hydrogens (tertiary/aromatic N) is 1. The van der Waals surface area contributed by atoms with Gasteiger partial charge in [0.1, 0.15) is 5.52 Å². The van der Waals surface area contributed by atoms with Gasteiger partial charge in [-0.15, -0.1) is 5.92 Å². The van der Waals surface area contributed by atoms with Gasteiger partial charge < -0.3 is 16.3 Å². The molecule has 0 saturated carbocycles. The van der Waals surface area contributed by atoms with Crippen LogP contribution in [0, 0.1) is 11.8 Å². The van der Waals surface area contributed by atoms with Gasteiger partial charge in [0.05, 0.1) is 12.1 Å². The van der Waals surface area contributed by atoms with Crippen LogP contribution in [0.3, 0.4) is 0 Å². The molecular formula is C12H11N2NaO3. The average molecular weight is 254 g/mol. The molecule has 0 atom stereocenters. The van der Waals surface area contributed by atoms with Crippen LogP contribution in [0.2, 0.25) is 0 Å². The fourth-order valence-electron chi connectivity index (χ4n) is 1.34. The van der Waals surface area contributed by atoms with Crippen molar-refractivity contribution in [2.45, 2.75) is 6.92 Å². The van der Waals surface area contributed by atoms with Crippen LogP contribution in [-0.2, 0) is 0 Å². The number of rotatable bonds is 3. The van der Waals surface area contributed by atoms with Crippen molar-refractivity contribution in [1.82, 2.24) is 4.98 Å². The first-order valence-electron chi connectivity index (χ1n) is 4.98. The van der Waals surface area contributed by atoms with Gasteiger partial charge in [0.15, 0.2) is 5.58 Å². The number of carbonyl (C=O) groups is 1. The zero-order valence-electron chi connectivity index (χ0n) is 11.2. The van der Waals surface area contributed by atoms with Crippen LogP contribution in [0.1, 0.15) is 18.7 Å². The van der Waals surface area contributed by atoms with Crippen molar-refractivity contribution < 1.29 is 45.3 Å². The maximum absolute atomic E-state index is 10.8. The number of anilines is 1. The number of hydrogen-bond acceptors (Lipinski definition) is 4. The summed E-state index contributed by atoms with van der Waals surface area (Å²) in [5, 5.41) is 11.7. The summed E-state index contributed by atoms with van der Waals surface area (Å²) in [6.07, 6.45) is 0. The molecule has 88 valence electrons. The quantitative estimate of drug-likeness (QED) is 0.547. The molecule has 1 aromatic heterocycles. The normalized spacial score (nSPS) is 9.17. The first-order valence-corrected chi connectivity index (χ1v) is 4.98. The molecule has 0 bridgehead atoms. The van der Waals surface area contributed by atoms with E-state index in [0.717, 1.165) is 0 Å². The Balaban J connectivity index is 0.00000162. The van der Waals surface area contributed by atoms with E-state index >= 15 is 0 Å². The Morgan fingerprint density at radius 2 is 2.39 bits per heavy atom. The second kappa shape index (κ2) is 6.45. The number of carboxylic acids is 1. The van der Waals surface area contributed by atoms with E-state index in [0.29, 0.717) is 23.7 Å². The number of aromatic carboxylic acids is 1. The third-order valence-electron chi connectivity index (χ3n) is 2.14. The SMILES string of the molecule is CC#CCNc1nc2cc(C(=O)O)ccc2o1.[H-].[Na+]. The Morgan fingerprint density at radius 3 is 3.06 bits per heavy atom. The molecule has 0 radical (unpaired) electrons. The van der Waals surface area contributed by atoms with Crippen molar-refractivity contribution in [1.29, 1.82) is 0 Å². The van der Waals surface area contributed by atoms with Gasteiger partial charge in [0.25, 0.3) is 6.01 Å². The molecule has 0 aliphatic carbocycles. The van der Waals surface area contributed by atoms with Crippen molar-refractivity contribution >= 4 is 23.1 Å². The molecule has 0 aliphatic rings. The molecule has 0 spiro atoms. The third kappa shape index (κ3) is 3.26. The Labute approximate surface area is 127 Å². The smallest absolute Gasteiger partial charge is 1.00 e. The van der Waals surface area contributed by atoms with E-state index in [1.807, 2.05) is 0 Å². The van der Waals surface area contributed by atoms with Gasteiger partial charge in [-0.3, -0.25) is 0 Å². The van der Waals surface area contributed by atoms with Gasteiger partial charge in [-0.05, 0) is 25.1 Å². The topological polar surface area (TPSA) is 75.4 Å². The minimum atomic E-state index is -0.985. The predicted octanol–water partition coefficient (Wildman–Crippen LogP) is -0.922. The second-order valence-electron chi connectivity index (χ2n) is 3.29. The largest absolute Gasteiger partial charge is 1.00 e. The number of aromatic nitrogens is 1. The van der Waals surface area contributed by atoms with E-state index in [1.54, 1.807) is 13.0 Å². The summed E-state index contributed by atoms with van der Waals surface area (Å²) in [5.74, 6) is 4.57. The van der Waals surface area contributed by atoms with Gasteiger partial charge in [-0.1, -0.05) is 5.92 Å². The van der Waals surface area contributed by atoms with Gasteiger partial charge in [0.2, 0.25) is 0 Å². The number of carboxylic acid groups (broad SMARTS) is 1. The fourth-order valence-corrected chi connectivity index (χ4v) is 1.34. The molecule has 2 rings (SSSR count). The molecule has 2 aromatic rings. The van der Waals surface area contributed by atoms with Crippen LogP contribution >= 0.6 is 0 Å². The average Bonchev–Trinajstić information content (AvgIpc) is 2.70. The van der Waals surface area contributed by atoms with Crippen LogP contribution in [-0.4, -0.2) is 22.6 Å². The molecule has 0 aliphatic heterocycles. The summed E-state index contributed by atoms with van der Waals surface area (Å²) in [7, 11) is 0. The van der Waals surface area contributed by atoms with Crippen LogP contribution in [0.5, 0.6) is 0 Å². The molecule has 6 heteroatoms. The van der Waals surface area contributed by atoms with Crippen molar-refractivity contribution in [2.75, 3.05) is 11.9 Å². The van der Waals surface area contributed by atoms with Crippen LogP contribution in [0.15, 0.2) is 22.6 Å². The second-order valence-corrected chi connectivity index (χ2v) is 3.29. The van der Waals surface area contributed by atoms with E-state index in [1.165, 1.54) is 12.1 Å². The van der Waals surface area contributed by atoms with Crippen molar-refractivity contribution in [3.05, 3.63) is 23.8 Å². The molecule has 1 heterocycles. The summed E-state index contributed by atoms with van der Waals surface area (Å²) < 4.78 is 5.37. The summed E-state index contributed by atoms with van der Waals surface area (Å²) in [6, 6.07) is 4.87. The van der Waals surface area contributed by atoms with Crippen LogP contribution in [0.4, 0.5) is 6.01 Å². The first kappa shape index (κ1) is 14.6. The van der Waals surface area contributed by atoms with E-state index in [-0.39, 0.29) is 36.5 Å². The number of fused-ring (bicyclic) bond motifs is 1. The van der Waals surface area contributed by atoms with Gasteiger partial charge in [-0.2, -0.15) is 4.98 Å². The van der Waals surface area contributed by atoms with E-state index in [4.69, 9.17) is 9.52 Å². The molecular weight excluding hydrogens is 243 g/mol. The van der Waals surface area contributed by atoms with Crippen molar-refractivity contribution in [3.8, 4) is 11.8 Å². The zero-order valence-corrected chi connectivity index (χ0v) is 12.2. The molecule has 0 fully saturated rings. The molecule has 2 N–H and O–H groups in total. The predicted molar refractivity (Wildman–Crippen MR) is 64.0 cm³/mol. The molecule has 0 unspecified atom stereocenters. The van der Waals surface area contributed by atoms with E-state index < -0.39 is 5.97 Å². The Hall–Kier alpha value is -1.48. The Morgan fingerprint density at radius 1 is 1.61 bits per heavy atom. The third-order valence-corrected chi connectivity index (χ3v) is 2.14. The fraction of sp³-hybridized carbons (Fsp3) is 0.167. The number of nitrogens with one attached hydrogen (secondary N) is 1. The van der Waals surface area contributed by atoms with Crippen molar-refractivity contribution in [3.63, 3.8) is 0 Å². The monoisotopic (exact) mass is 254 g/mol. The Bertz CT molecular complexity index is 631. The van der Waals surface area contributed by atoms with Gasteiger partial charge in [-0.25, -0.2) is 4.79 Å². The number of benzene rings is 1. The van der Waals surface area contributed by atoms with Crippen LogP contribution in [0.25, 0.3) is 11.1 Å². The summed E-state index contributed by atoms with van der Waals surface area (Å²) in [6.45, 7) is 2.18. The first-order chi connectivity index (χ1) is 8.20. The van der Waals surface area contributed by atoms with Crippen LogP contribution < -0.4 is 34.9 Å². The summed E-state index contributed by atoms with van der Waals surface area (Å²) >= 11 is 0. The van der Waals surface area contributed by atoms with Gasteiger partial charge in [0, 0.05) is 0 Å². The summed E-state index contributed by atoms with van der Waals surface area (Å²) in [4.78, 5) is 14.9. The van der Waals surface area contributed by atoms with E-state index in [2.05, 4.69) is 22.1 Å². The zero-order chi connectivity index (χ0) is 12.3. The molecule has 1 aromatic carbocycles. The maximum Gasteiger partial charge on any atom is 1.00 e. The number of oxazole rings is 1. The minimum Gasteiger partial charge on any atom is -1.00 e. The maximum atomic E-state index is 10.8. The molecule has 0 saturated heterocycles. The Kier molecular flexibility index (Phi) is 5.23. The summed E-state index contributed by atoms with van der Waals surface area (Å²) in [5.41, 5.74) is 1.24. The van der Waals surface area contributed by atoms with Gasteiger partial charge >= 0.3 is 35.5 Å². The standard InChI is InChI=1S/C12H10N2O3.Na.H/c1-2-3-6-13-12-14-9-7-8(11(15)16)4-5-10(9)17-12;;/h4-5,7H,6H2,1H3,(H,13,14)(H,15,16);;/q;+1;-1. The molecule has 5 nitrogen and oxygen atoms in total. The number of hydrogen-bond donors (Lipinski definition) is 2. The van der Waals surface area contributed by atoms with E-state index in [9.17, 15) is 4.79 Å². The molecule has 0 amide bonds. The molecule has 18 heavy (non-hydrogen) atoms. The minimum absolute atomic E-state index is 0.